The lowest BCUT2D eigenvalue weighted by molar-refractivity contribution is -0.137. The van der Waals surface area contributed by atoms with Crippen molar-refractivity contribution in [3.05, 3.63) is 23.4 Å². The molecule has 2 N–H and O–H groups in total. The number of allylic oxidation sites excluding steroid dienone is 1. The molecule has 1 heterocycles. The van der Waals surface area contributed by atoms with Crippen LogP contribution in [0.3, 0.4) is 0 Å². The lowest BCUT2D eigenvalue weighted by Gasteiger charge is -2.13. The Morgan fingerprint density at radius 3 is 2.12 bits per heavy atom. The van der Waals surface area contributed by atoms with Crippen molar-refractivity contribution in [1.29, 1.82) is 0 Å². The Kier molecular flexibility index (Phi) is 8.41. The van der Waals surface area contributed by atoms with Gasteiger partial charge < -0.3 is 10.6 Å². The Morgan fingerprint density at radius 1 is 0.962 bits per heavy atom. The van der Waals surface area contributed by atoms with Gasteiger partial charge in [0.25, 0.3) is 17.7 Å². The Hall–Kier alpha value is -2.77. The quantitative estimate of drug-likeness (QED) is 0.335. The molecule has 8 heteroatoms. The maximum atomic E-state index is 12.0. The summed E-state index contributed by atoms with van der Waals surface area (Å²) in [5, 5.41) is 5.02. The Morgan fingerprint density at radius 2 is 1.58 bits per heavy atom. The zero-order chi connectivity index (χ0) is 19.7. The smallest absolute Gasteiger partial charge is 0.268 e. The van der Waals surface area contributed by atoms with Gasteiger partial charge in [0, 0.05) is 25.1 Å². The van der Waals surface area contributed by atoms with E-state index in [4.69, 9.17) is 0 Å². The van der Waals surface area contributed by atoms with Gasteiger partial charge in [0.15, 0.2) is 0 Å². The van der Waals surface area contributed by atoms with Crippen LogP contribution in [0.15, 0.2) is 23.4 Å². The van der Waals surface area contributed by atoms with E-state index in [1.165, 1.54) is 24.0 Å². The number of hydrogen-bond donors (Lipinski definition) is 2. The summed E-state index contributed by atoms with van der Waals surface area (Å²) in [7, 11) is 0. The van der Waals surface area contributed by atoms with E-state index in [9.17, 15) is 24.0 Å². The van der Waals surface area contributed by atoms with E-state index in [1.54, 1.807) is 13.8 Å². The fraction of sp³-hybridized carbons (Fsp3) is 0.500. The van der Waals surface area contributed by atoms with Crippen molar-refractivity contribution in [3.8, 4) is 0 Å². The van der Waals surface area contributed by atoms with E-state index >= 15 is 0 Å². The molecule has 0 aliphatic carbocycles. The summed E-state index contributed by atoms with van der Waals surface area (Å²) in [4.78, 5) is 58.9. The van der Waals surface area contributed by atoms with Crippen molar-refractivity contribution in [1.82, 2.24) is 15.5 Å². The van der Waals surface area contributed by atoms with Crippen molar-refractivity contribution >= 4 is 29.4 Å². The van der Waals surface area contributed by atoms with Gasteiger partial charge in [-0.1, -0.05) is 6.42 Å². The first-order valence-electron chi connectivity index (χ1n) is 8.51. The van der Waals surface area contributed by atoms with Crippen molar-refractivity contribution in [2.45, 2.75) is 46.5 Å². The molecular formula is C18H25N3O5. The van der Waals surface area contributed by atoms with E-state index in [2.05, 4.69) is 10.6 Å². The maximum Gasteiger partial charge on any atom is 0.268 e. The summed E-state index contributed by atoms with van der Waals surface area (Å²) < 4.78 is 0. The molecule has 1 aliphatic rings. The predicted molar refractivity (Wildman–Crippen MR) is 94.5 cm³/mol. The van der Waals surface area contributed by atoms with Crippen LogP contribution in [0, 0.1) is 0 Å². The van der Waals surface area contributed by atoms with Crippen LogP contribution in [-0.4, -0.2) is 47.4 Å². The van der Waals surface area contributed by atoms with Gasteiger partial charge in [-0.15, -0.1) is 0 Å². The number of nitrogens with zero attached hydrogens (tertiary/aromatic N) is 1. The average Bonchev–Trinajstić information content (AvgIpc) is 2.88. The number of nitrogens with one attached hydrogen (secondary N) is 2. The van der Waals surface area contributed by atoms with Crippen LogP contribution in [0.25, 0.3) is 0 Å². The largest absolute Gasteiger partial charge is 0.344 e. The highest BCUT2D eigenvalue weighted by Gasteiger charge is 2.22. The molecular weight excluding hydrogens is 338 g/mol. The fourth-order valence-electron chi connectivity index (χ4n) is 2.29. The Balaban J connectivity index is 2.32. The van der Waals surface area contributed by atoms with E-state index in [0.29, 0.717) is 31.4 Å². The minimum Gasteiger partial charge on any atom is -0.344 e. The van der Waals surface area contributed by atoms with E-state index < -0.39 is 5.91 Å². The molecule has 26 heavy (non-hydrogen) atoms. The standard InChI is InChI=1S/C18H25N3O5/c1-12(2)17(18(26)19-11-13(3)22)20-14(23)7-5-4-6-10-21-15(24)8-9-16(21)25/h8-9H,4-7,10-11H2,1-3H3,(H,19,26)(H,20,23). The highest BCUT2D eigenvalue weighted by molar-refractivity contribution is 6.12. The SMILES string of the molecule is CC(=O)CNC(=O)C(NC(=O)CCCCCN1C(=O)C=CC1=O)=C(C)C. The molecule has 142 valence electrons. The normalized spacial score (nSPS) is 13.0. The average molecular weight is 363 g/mol. The predicted octanol–water partition coefficient (Wildman–Crippen LogP) is 0.587. The highest BCUT2D eigenvalue weighted by atomic mass is 16.2. The van der Waals surface area contributed by atoms with Gasteiger partial charge in [0.1, 0.15) is 11.5 Å². The molecule has 1 rings (SSSR count). The zero-order valence-corrected chi connectivity index (χ0v) is 15.4. The van der Waals surface area contributed by atoms with Crippen LogP contribution in [0.1, 0.15) is 46.5 Å². The second-order valence-electron chi connectivity index (χ2n) is 6.28. The van der Waals surface area contributed by atoms with Gasteiger partial charge in [-0.05, 0) is 39.2 Å². The maximum absolute atomic E-state index is 12.0. The molecule has 0 bridgehead atoms. The van der Waals surface area contributed by atoms with Crippen LogP contribution in [0.5, 0.6) is 0 Å². The van der Waals surface area contributed by atoms with E-state index in [-0.39, 0.29) is 42.2 Å². The van der Waals surface area contributed by atoms with Crippen LogP contribution in [0.4, 0.5) is 0 Å². The molecule has 0 fully saturated rings. The van der Waals surface area contributed by atoms with Gasteiger partial charge in [0.2, 0.25) is 5.91 Å². The van der Waals surface area contributed by atoms with Crippen molar-refractivity contribution in [3.63, 3.8) is 0 Å². The van der Waals surface area contributed by atoms with Crippen molar-refractivity contribution < 1.29 is 24.0 Å². The molecule has 4 amide bonds. The van der Waals surface area contributed by atoms with Gasteiger partial charge in [-0.3, -0.25) is 28.9 Å². The number of hydrogen-bond acceptors (Lipinski definition) is 5. The summed E-state index contributed by atoms with van der Waals surface area (Å²) in [6.07, 6.45) is 4.56. The molecule has 0 atom stereocenters. The molecule has 0 spiro atoms. The van der Waals surface area contributed by atoms with E-state index in [0.717, 1.165) is 0 Å². The minimum absolute atomic E-state index is 0.0890. The number of unbranched alkanes of at least 4 members (excludes halogenated alkanes) is 2. The number of Topliss-reactive ketones (excluding diaryl/α,β-unsaturated/α-hetero) is 1. The molecule has 8 nitrogen and oxygen atoms in total. The lowest BCUT2D eigenvalue weighted by Crippen LogP contribution is -2.37. The topological polar surface area (TPSA) is 113 Å². The lowest BCUT2D eigenvalue weighted by atomic mass is 10.1. The molecule has 0 saturated carbocycles. The summed E-state index contributed by atoms with van der Waals surface area (Å²) in [5.74, 6) is -1.58. The third-order valence-corrected chi connectivity index (χ3v) is 3.68. The van der Waals surface area contributed by atoms with E-state index in [1.807, 2.05) is 0 Å². The Labute approximate surface area is 152 Å². The molecule has 0 aromatic carbocycles. The summed E-state index contributed by atoms with van der Waals surface area (Å²) >= 11 is 0. The summed E-state index contributed by atoms with van der Waals surface area (Å²) in [5.41, 5.74) is 0.786. The molecule has 0 aromatic rings. The molecule has 0 aromatic heterocycles. The van der Waals surface area contributed by atoms with Gasteiger partial charge in [0.05, 0.1) is 6.54 Å². The number of carbonyl (C=O) groups excluding carboxylic acids is 5. The first-order chi connectivity index (χ1) is 12.2. The number of carbonyl (C=O) groups is 5. The molecule has 0 unspecified atom stereocenters. The van der Waals surface area contributed by atoms with Crippen molar-refractivity contribution in [2.75, 3.05) is 13.1 Å². The van der Waals surface area contributed by atoms with Crippen LogP contribution < -0.4 is 10.6 Å². The third kappa shape index (κ3) is 7.00. The Bertz CT molecular complexity index is 642. The molecule has 0 saturated heterocycles. The second-order valence-corrected chi connectivity index (χ2v) is 6.28. The third-order valence-electron chi connectivity index (χ3n) is 3.68. The number of imide groups is 1. The van der Waals surface area contributed by atoms with Gasteiger partial charge in [-0.2, -0.15) is 0 Å². The number of ketones is 1. The molecule has 1 aliphatic heterocycles. The number of amides is 4. The zero-order valence-electron chi connectivity index (χ0n) is 15.4. The van der Waals surface area contributed by atoms with Gasteiger partial charge >= 0.3 is 0 Å². The van der Waals surface area contributed by atoms with Crippen molar-refractivity contribution in [2.24, 2.45) is 0 Å². The van der Waals surface area contributed by atoms with Gasteiger partial charge in [-0.25, -0.2) is 0 Å². The van der Waals surface area contributed by atoms with Crippen LogP contribution in [0.2, 0.25) is 0 Å². The van der Waals surface area contributed by atoms with Crippen LogP contribution in [-0.2, 0) is 24.0 Å². The van der Waals surface area contributed by atoms with Crippen LogP contribution >= 0.6 is 0 Å². The summed E-state index contributed by atoms with van der Waals surface area (Å²) in [6, 6.07) is 0. The molecule has 0 radical (unpaired) electrons. The first kappa shape index (κ1) is 21.3. The minimum atomic E-state index is -0.493. The highest BCUT2D eigenvalue weighted by Crippen LogP contribution is 2.08. The number of rotatable bonds is 10. The first-order valence-corrected chi connectivity index (χ1v) is 8.51. The summed E-state index contributed by atoms with van der Waals surface area (Å²) in [6.45, 7) is 5.00. The monoisotopic (exact) mass is 363 g/mol. The fourth-order valence-corrected chi connectivity index (χ4v) is 2.29. The second kappa shape index (κ2) is 10.3.